The molecule has 1 saturated heterocycles. The molecular formula is C19H18ClN3O. The maximum absolute atomic E-state index is 6.02. The number of hydrogen-bond acceptors (Lipinski definition) is 4. The Kier molecular flexibility index (Phi) is 4.32. The monoisotopic (exact) mass is 339 g/mol. The van der Waals surface area contributed by atoms with Gasteiger partial charge in [-0.2, -0.15) is 0 Å². The van der Waals surface area contributed by atoms with Crippen molar-refractivity contribution in [3.05, 3.63) is 71.1 Å². The molecule has 1 aliphatic rings. The molecule has 24 heavy (non-hydrogen) atoms. The SMILES string of the molecule is Clc1cccc(-c2nnc(CN3CCC(c4ccccc4)C3)o2)c1. The Morgan fingerprint density at radius 3 is 2.79 bits per heavy atom. The zero-order valence-electron chi connectivity index (χ0n) is 13.2. The highest BCUT2D eigenvalue weighted by Crippen LogP contribution is 2.28. The highest BCUT2D eigenvalue weighted by atomic mass is 35.5. The maximum Gasteiger partial charge on any atom is 0.247 e. The van der Waals surface area contributed by atoms with Gasteiger partial charge in [0.2, 0.25) is 11.8 Å². The van der Waals surface area contributed by atoms with Crippen LogP contribution in [0.3, 0.4) is 0 Å². The van der Waals surface area contributed by atoms with Gasteiger partial charge >= 0.3 is 0 Å². The Labute approximate surface area is 146 Å². The van der Waals surface area contributed by atoms with Gasteiger partial charge in [-0.1, -0.05) is 48.0 Å². The molecule has 4 rings (SSSR count). The second kappa shape index (κ2) is 6.75. The molecule has 0 amide bonds. The molecule has 1 atom stereocenters. The average molecular weight is 340 g/mol. The number of rotatable bonds is 4. The summed E-state index contributed by atoms with van der Waals surface area (Å²) in [4.78, 5) is 2.37. The standard InChI is InChI=1S/C19H18ClN3O/c20-17-8-4-7-15(11-17)19-22-21-18(24-19)13-23-10-9-16(12-23)14-5-2-1-3-6-14/h1-8,11,16H,9-10,12-13H2. The fourth-order valence-electron chi connectivity index (χ4n) is 3.22. The van der Waals surface area contributed by atoms with Gasteiger partial charge in [-0.05, 0) is 42.6 Å². The van der Waals surface area contributed by atoms with Crippen LogP contribution < -0.4 is 0 Å². The van der Waals surface area contributed by atoms with Crippen molar-refractivity contribution in [1.29, 1.82) is 0 Å². The van der Waals surface area contributed by atoms with Gasteiger partial charge in [0.1, 0.15) is 0 Å². The normalized spacial score (nSPS) is 18.1. The summed E-state index contributed by atoms with van der Waals surface area (Å²) < 4.78 is 5.81. The summed E-state index contributed by atoms with van der Waals surface area (Å²) in [5.41, 5.74) is 2.26. The van der Waals surface area contributed by atoms with Gasteiger partial charge in [0, 0.05) is 17.1 Å². The number of nitrogens with zero attached hydrogens (tertiary/aromatic N) is 3. The minimum atomic E-state index is 0.520. The predicted molar refractivity (Wildman–Crippen MR) is 93.8 cm³/mol. The smallest absolute Gasteiger partial charge is 0.247 e. The largest absolute Gasteiger partial charge is 0.419 e. The molecule has 1 fully saturated rings. The fourth-order valence-corrected chi connectivity index (χ4v) is 3.41. The van der Waals surface area contributed by atoms with E-state index in [1.54, 1.807) is 0 Å². The highest BCUT2D eigenvalue weighted by molar-refractivity contribution is 6.30. The molecule has 1 aliphatic heterocycles. The highest BCUT2D eigenvalue weighted by Gasteiger charge is 2.25. The molecule has 1 unspecified atom stereocenters. The van der Waals surface area contributed by atoms with Gasteiger partial charge in [0.25, 0.3) is 0 Å². The minimum absolute atomic E-state index is 0.520. The van der Waals surface area contributed by atoms with Crippen LogP contribution in [0.1, 0.15) is 23.8 Å². The van der Waals surface area contributed by atoms with Crippen LogP contribution in [-0.4, -0.2) is 28.2 Å². The quantitative estimate of drug-likeness (QED) is 0.707. The first-order valence-corrected chi connectivity index (χ1v) is 8.51. The van der Waals surface area contributed by atoms with Crippen LogP contribution in [0.2, 0.25) is 5.02 Å². The molecule has 0 spiro atoms. The lowest BCUT2D eigenvalue weighted by Gasteiger charge is -2.13. The van der Waals surface area contributed by atoms with E-state index in [1.807, 2.05) is 24.3 Å². The van der Waals surface area contributed by atoms with Gasteiger partial charge in [-0.15, -0.1) is 10.2 Å². The van der Waals surface area contributed by atoms with Crippen molar-refractivity contribution in [2.45, 2.75) is 18.9 Å². The molecule has 1 aromatic heterocycles. The van der Waals surface area contributed by atoms with E-state index in [-0.39, 0.29) is 0 Å². The second-order valence-corrected chi connectivity index (χ2v) is 6.58. The second-order valence-electron chi connectivity index (χ2n) is 6.14. The third-order valence-corrected chi connectivity index (χ3v) is 4.68. The van der Waals surface area contributed by atoms with Crippen LogP contribution in [0.15, 0.2) is 59.0 Å². The topological polar surface area (TPSA) is 42.2 Å². The average Bonchev–Trinajstić information content (AvgIpc) is 3.26. The minimum Gasteiger partial charge on any atom is -0.419 e. The van der Waals surface area contributed by atoms with E-state index < -0.39 is 0 Å². The molecule has 4 nitrogen and oxygen atoms in total. The van der Waals surface area contributed by atoms with Crippen molar-refractivity contribution in [2.24, 2.45) is 0 Å². The molecule has 0 N–H and O–H groups in total. The van der Waals surface area contributed by atoms with E-state index in [0.717, 1.165) is 18.7 Å². The van der Waals surface area contributed by atoms with E-state index >= 15 is 0 Å². The lowest BCUT2D eigenvalue weighted by atomic mass is 9.99. The van der Waals surface area contributed by atoms with Gasteiger partial charge in [0.05, 0.1) is 6.54 Å². The first-order chi connectivity index (χ1) is 11.8. The first-order valence-electron chi connectivity index (χ1n) is 8.13. The number of hydrogen-bond donors (Lipinski definition) is 0. The van der Waals surface area contributed by atoms with Crippen LogP contribution in [0, 0.1) is 0 Å². The van der Waals surface area contributed by atoms with Gasteiger partial charge in [-0.25, -0.2) is 0 Å². The molecule has 5 heteroatoms. The predicted octanol–water partition coefficient (Wildman–Crippen LogP) is 4.38. The Bertz CT molecular complexity index is 818. The molecule has 122 valence electrons. The van der Waals surface area contributed by atoms with Crippen LogP contribution in [0.5, 0.6) is 0 Å². The number of benzene rings is 2. The lowest BCUT2D eigenvalue weighted by Crippen LogP contribution is -2.19. The summed E-state index contributed by atoms with van der Waals surface area (Å²) in [6.45, 7) is 2.77. The zero-order chi connectivity index (χ0) is 16.4. The summed E-state index contributed by atoms with van der Waals surface area (Å²) in [5, 5.41) is 8.99. The molecule has 3 aromatic rings. The van der Waals surface area contributed by atoms with Crippen LogP contribution in [0.25, 0.3) is 11.5 Å². The van der Waals surface area contributed by atoms with E-state index in [4.69, 9.17) is 16.0 Å². The molecule has 0 bridgehead atoms. The van der Waals surface area contributed by atoms with Gasteiger partial charge < -0.3 is 4.42 Å². The van der Waals surface area contributed by atoms with Crippen molar-refractivity contribution < 1.29 is 4.42 Å². The van der Waals surface area contributed by atoms with E-state index in [9.17, 15) is 0 Å². The third kappa shape index (κ3) is 3.35. The Balaban J connectivity index is 1.42. The van der Waals surface area contributed by atoms with Crippen LogP contribution in [-0.2, 0) is 6.54 Å². The van der Waals surface area contributed by atoms with Crippen molar-refractivity contribution in [3.8, 4) is 11.5 Å². The third-order valence-electron chi connectivity index (χ3n) is 4.44. The Morgan fingerprint density at radius 1 is 1.08 bits per heavy atom. The van der Waals surface area contributed by atoms with Crippen molar-refractivity contribution in [2.75, 3.05) is 13.1 Å². The first kappa shape index (κ1) is 15.4. The van der Waals surface area contributed by atoms with Crippen molar-refractivity contribution >= 4 is 11.6 Å². The summed E-state index contributed by atoms with van der Waals surface area (Å²) in [6.07, 6.45) is 1.17. The van der Waals surface area contributed by atoms with E-state index in [1.165, 1.54) is 12.0 Å². The van der Waals surface area contributed by atoms with Gasteiger partial charge in [-0.3, -0.25) is 4.90 Å². The zero-order valence-corrected chi connectivity index (χ0v) is 14.0. The van der Waals surface area contributed by atoms with Crippen molar-refractivity contribution in [3.63, 3.8) is 0 Å². The Hall–Kier alpha value is -2.17. The van der Waals surface area contributed by atoms with E-state index in [0.29, 0.717) is 29.3 Å². The molecule has 2 heterocycles. The number of aromatic nitrogens is 2. The molecule has 0 saturated carbocycles. The molecule has 0 aliphatic carbocycles. The summed E-state index contributed by atoms with van der Waals surface area (Å²) in [6, 6.07) is 18.1. The molecule has 0 radical (unpaired) electrons. The fraction of sp³-hybridized carbons (Fsp3) is 0.263. The molecule has 2 aromatic carbocycles. The summed E-state index contributed by atoms with van der Waals surface area (Å²) in [5.74, 6) is 1.76. The maximum atomic E-state index is 6.02. The van der Waals surface area contributed by atoms with Crippen LogP contribution >= 0.6 is 11.6 Å². The summed E-state index contributed by atoms with van der Waals surface area (Å²) in [7, 11) is 0. The summed E-state index contributed by atoms with van der Waals surface area (Å²) >= 11 is 6.02. The van der Waals surface area contributed by atoms with Gasteiger partial charge in [0.15, 0.2) is 0 Å². The molecular weight excluding hydrogens is 322 g/mol. The van der Waals surface area contributed by atoms with Crippen molar-refractivity contribution in [1.82, 2.24) is 15.1 Å². The van der Waals surface area contributed by atoms with Crippen LogP contribution in [0.4, 0.5) is 0 Å². The number of likely N-dealkylation sites (tertiary alicyclic amines) is 1. The Morgan fingerprint density at radius 2 is 1.96 bits per heavy atom. The van der Waals surface area contributed by atoms with E-state index in [2.05, 4.69) is 45.4 Å². The number of halogens is 1. The lowest BCUT2D eigenvalue weighted by molar-refractivity contribution is 0.289.